The third kappa shape index (κ3) is 8.00. The summed E-state index contributed by atoms with van der Waals surface area (Å²) in [5, 5.41) is 8.80. The highest BCUT2D eigenvalue weighted by Gasteiger charge is 2.20. The summed E-state index contributed by atoms with van der Waals surface area (Å²) in [6, 6.07) is 13.0. The molecule has 0 N–H and O–H groups in total. The molecule has 0 amide bonds. The number of aryl methyl sites for hydroxylation is 1. The van der Waals surface area contributed by atoms with E-state index in [-0.39, 0.29) is 11.3 Å². The van der Waals surface area contributed by atoms with Crippen molar-refractivity contribution in [3.05, 3.63) is 65.0 Å². The van der Waals surface area contributed by atoms with E-state index < -0.39 is 11.8 Å². The molecule has 1 aliphatic carbocycles. The molecule has 2 aromatic rings. The molecule has 4 heteroatoms. The lowest BCUT2D eigenvalue weighted by Gasteiger charge is -2.28. The Balaban J connectivity index is 1.35. The molecule has 2 aromatic carbocycles. The van der Waals surface area contributed by atoms with Gasteiger partial charge < -0.3 is 4.74 Å². The second-order valence-electron chi connectivity index (χ2n) is 9.47. The quantitative estimate of drug-likeness (QED) is 0.198. The molecule has 0 heterocycles. The highest BCUT2D eigenvalue weighted by atomic mass is 19.1. The van der Waals surface area contributed by atoms with Crippen molar-refractivity contribution >= 4 is 5.97 Å². The van der Waals surface area contributed by atoms with Crippen LogP contribution in [0.3, 0.4) is 0 Å². The lowest BCUT2D eigenvalue weighted by molar-refractivity contribution is 0.0728. The van der Waals surface area contributed by atoms with Crippen LogP contribution in [-0.4, -0.2) is 5.97 Å². The maximum atomic E-state index is 13.9. The normalized spacial score (nSPS) is 18.0. The van der Waals surface area contributed by atoms with Crippen molar-refractivity contribution in [3.8, 4) is 11.8 Å². The van der Waals surface area contributed by atoms with Gasteiger partial charge in [0.05, 0.1) is 17.2 Å². The van der Waals surface area contributed by atoms with E-state index in [2.05, 4.69) is 6.92 Å². The molecule has 0 bridgehead atoms. The highest BCUT2D eigenvalue weighted by Crippen LogP contribution is 2.34. The monoisotopic (exact) mass is 449 g/mol. The van der Waals surface area contributed by atoms with Crippen LogP contribution in [0.15, 0.2) is 42.5 Å². The van der Waals surface area contributed by atoms with Gasteiger partial charge in [0.1, 0.15) is 0 Å². The maximum absolute atomic E-state index is 13.9. The van der Waals surface area contributed by atoms with Crippen molar-refractivity contribution in [3.63, 3.8) is 0 Å². The molecule has 0 spiro atoms. The average Bonchev–Trinajstić information content (AvgIpc) is 2.84. The minimum absolute atomic E-state index is 0.168. The predicted molar refractivity (Wildman–Crippen MR) is 130 cm³/mol. The number of hydrogen-bond donors (Lipinski definition) is 0. The molecular formula is C29H36FNO2. The van der Waals surface area contributed by atoms with E-state index in [1.54, 1.807) is 12.1 Å². The Kier molecular flexibility index (Phi) is 9.94. The summed E-state index contributed by atoms with van der Waals surface area (Å²) in [4.78, 5) is 12.3. The number of benzene rings is 2. The van der Waals surface area contributed by atoms with E-state index >= 15 is 0 Å². The van der Waals surface area contributed by atoms with Crippen LogP contribution < -0.4 is 4.74 Å². The Morgan fingerprint density at radius 2 is 1.61 bits per heavy atom. The summed E-state index contributed by atoms with van der Waals surface area (Å²) in [5.41, 5.74) is 1.78. The number of carbonyl (C=O) groups excluding carboxylic acids is 1. The molecule has 0 atom stereocenters. The molecule has 33 heavy (non-hydrogen) atoms. The first kappa shape index (κ1) is 25.0. The molecule has 1 fully saturated rings. The standard InChI is InChI=1S/C29H36FNO2/c1-2-3-4-7-22-10-12-23(13-11-22)8-5-6-9-24-14-17-26(18-15-24)29(32)33-28-19-16-25(21-31)20-27(28)30/h14-20,22-23H,2-13H2,1H3/t22-,23-. The second-order valence-corrected chi connectivity index (χ2v) is 9.47. The van der Waals surface area contributed by atoms with Gasteiger partial charge in [-0.2, -0.15) is 5.26 Å². The van der Waals surface area contributed by atoms with E-state index in [9.17, 15) is 9.18 Å². The number of carbonyl (C=O) groups is 1. The van der Waals surface area contributed by atoms with Gasteiger partial charge >= 0.3 is 5.97 Å². The van der Waals surface area contributed by atoms with Crippen molar-refractivity contribution in [2.45, 2.75) is 84.0 Å². The molecule has 0 saturated heterocycles. The molecule has 1 aliphatic rings. The van der Waals surface area contributed by atoms with Gasteiger partial charge in [-0.05, 0) is 60.6 Å². The zero-order valence-corrected chi connectivity index (χ0v) is 19.8. The molecule has 176 valence electrons. The van der Waals surface area contributed by atoms with Gasteiger partial charge in [0, 0.05) is 0 Å². The first-order valence-corrected chi connectivity index (χ1v) is 12.6. The van der Waals surface area contributed by atoms with E-state index in [1.165, 1.54) is 81.9 Å². The Morgan fingerprint density at radius 3 is 2.18 bits per heavy atom. The van der Waals surface area contributed by atoms with E-state index in [0.29, 0.717) is 5.56 Å². The zero-order chi connectivity index (χ0) is 23.5. The van der Waals surface area contributed by atoms with Crippen LogP contribution in [0.2, 0.25) is 0 Å². The number of rotatable bonds is 11. The average molecular weight is 450 g/mol. The lowest BCUT2D eigenvalue weighted by Crippen LogP contribution is -2.14. The van der Waals surface area contributed by atoms with Crippen LogP contribution in [0, 0.1) is 29.0 Å². The Morgan fingerprint density at radius 1 is 0.970 bits per heavy atom. The number of nitrogens with zero attached hydrogens (tertiary/aromatic N) is 1. The molecule has 0 unspecified atom stereocenters. The minimum Gasteiger partial charge on any atom is -0.420 e. The van der Waals surface area contributed by atoms with Gasteiger partial charge in [0.15, 0.2) is 11.6 Å². The topological polar surface area (TPSA) is 50.1 Å². The van der Waals surface area contributed by atoms with Crippen molar-refractivity contribution in [1.29, 1.82) is 5.26 Å². The van der Waals surface area contributed by atoms with Crippen LogP contribution in [0.4, 0.5) is 4.39 Å². The van der Waals surface area contributed by atoms with Gasteiger partial charge in [-0.25, -0.2) is 9.18 Å². The van der Waals surface area contributed by atoms with E-state index in [4.69, 9.17) is 10.00 Å². The summed E-state index contributed by atoms with van der Waals surface area (Å²) in [6.07, 6.45) is 16.0. The molecule has 3 rings (SSSR count). The smallest absolute Gasteiger partial charge is 0.343 e. The molecule has 3 nitrogen and oxygen atoms in total. The predicted octanol–water partition coefficient (Wildman–Crippen LogP) is 8.02. The molecule has 1 saturated carbocycles. The summed E-state index contributed by atoms with van der Waals surface area (Å²) in [6.45, 7) is 2.28. The second kappa shape index (κ2) is 13.1. The van der Waals surface area contributed by atoms with Gasteiger partial charge in [0.25, 0.3) is 0 Å². The van der Waals surface area contributed by atoms with Crippen LogP contribution in [0.1, 0.15) is 99.0 Å². The number of esters is 1. The van der Waals surface area contributed by atoms with E-state index in [0.717, 1.165) is 30.7 Å². The van der Waals surface area contributed by atoms with Crippen LogP contribution in [0.25, 0.3) is 0 Å². The number of hydrogen-bond acceptors (Lipinski definition) is 3. The first-order valence-electron chi connectivity index (χ1n) is 12.6. The maximum Gasteiger partial charge on any atom is 0.343 e. The van der Waals surface area contributed by atoms with Crippen molar-refractivity contribution < 1.29 is 13.9 Å². The SMILES string of the molecule is CCCCC[C@H]1CC[C@H](CCCCc2ccc(C(=O)Oc3ccc(C#N)cc3F)cc2)CC1. The molecule has 0 radical (unpaired) electrons. The third-order valence-corrected chi connectivity index (χ3v) is 6.96. The Labute approximate surface area is 198 Å². The molecule has 0 aliphatic heterocycles. The van der Waals surface area contributed by atoms with Crippen molar-refractivity contribution in [1.82, 2.24) is 0 Å². The molecule has 0 aromatic heterocycles. The Hall–Kier alpha value is -2.67. The van der Waals surface area contributed by atoms with Gasteiger partial charge in [-0.15, -0.1) is 0 Å². The van der Waals surface area contributed by atoms with Crippen LogP contribution >= 0.6 is 0 Å². The first-order chi connectivity index (χ1) is 16.1. The van der Waals surface area contributed by atoms with Gasteiger partial charge in [0.2, 0.25) is 0 Å². The van der Waals surface area contributed by atoms with E-state index in [1.807, 2.05) is 18.2 Å². The number of ether oxygens (including phenoxy) is 1. The minimum atomic E-state index is -0.719. The number of nitriles is 1. The fourth-order valence-electron chi connectivity index (χ4n) is 4.87. The third-order valence-electron chi connectivity index (χ3n) is 6.96. The van der Waals surface area contributed by atoms with Crippen molar-refractivity contribution in [2.24, 2.45) is 11.8 Å². The number of unbranched alkanes of at least 4 members (excludes halogenated alkanes) is 3. The van der Waals surface area contributed by atoms with Gasteiger partial charge in [-0.1, -0.05) is 83.3 Å². The van der Waals surface area contributed by atoms with Crippen LogP contribution in [-0.2, 0) is 6.42 Å². The van der Waals surface area contributed by atoms with Crippen LogP contribution in [0.5, 0.6) is 5.75 Å². The Bertz CT molecular complexity index is 924. The van der Waals surface area contributed by atoms with Crippen molar-refractivity contribution in [2.75, 3.05) is 0 Å². The fourth-order valence-corrected chi connectivity index (χ4v) is 4.87. The highest BCUT2D eigenvalue weighted by molar-refractivity contribution is 5.91. The number of halogens is 1. The molecular weight excluding hydrogens is 413 g/mol. The summed E-state index contributed by atoms with van der Waals surface area (Å²) >= 11 is 0. The lowest BCUT2D eigenvalue weighted by atomic mass is 9.78. The largest absolute Gasteiger partial charge is 0.420 e. The fraction of sp³-hybridized carbons (Fsp3) is 0.517. The summed E-state index contributed by atoms with van der Waals surface area (Å²) in [7, 11) is 0. The summed E-state index contributed by atoms with van der Waals surface area (Å²) in [5.74, 6) is 0.399. The van der Waals surface area contributed by atoms with Gasteiger partial charge in [-0.3, -0.25) is 0 Å². The zero-order valence-electron chi connectivity index (χ0n) is 19.8. The summed E-state index contributed by atoms with van der Waals surface area (Å²) < 4.78 is 19.1.